The van der Waals surface area contributed by atoms with Crippen molar-refractivity contribution < 1.29 is 14.3 Å². The van der Waals surface area contributed by atoms with E-state index in [4.69, 9.17) is 9.47 Å². The van der Waals surface area contributed by atoms with Crippen LogP contribution >= 0.6 is 0 Å². The lowest BCUT2D eigenvalue weighted by atomic mass is 9.88. The average Bonchev–Trinajstić information content (AvgIpc) is 3.04. The van der Waals surface area contributed by atoms with Crippen molar-refractivity contribution in [2.24, 2.45) is 5.92 Å². The van der Waals surface area contributed by atoms with Crippen LogP contribution in [0.1, 0.15) is 32.3 Å². The molecule has 102 valence electrons. The molecule has 1 aromatic carbocycles. The third-order valence-electron chi connectivity index (χ3n) is 3.79. The van der Waals surface area contributed by atoms with Crippen molar-refractivity contribution >= 4 is 12.0 Å². The van der Waals surface area contributed by atoms with Gasteiger partial charge < -0.3 is 9.47 Å². The van der Waals surface area contributed by atoms with Gasteiger partial charge in [0.2, 0.25) is 5.60 Å². The predicted octanol–water partition coefficient (Wildman–Crippen LogP) is 3.44. The maximum atomic E-state index is 11.3. The molecule has 1 aliphatic rings. The summed E-state index contributed by atoms with van der Waals surface area (Å²) in [6, 6.07) is 7.89. The Morgan fingerprint density at radius 1 is 1.37 bits per heavy atom. The first-order valence-corrected chi connectivity index (χ1v) is 6.64. The summed E-state index contributed by atoms with van der Waals surface area (Å²) in [6.07, 6.45) is 5.97. The maximum absolute atomic E-state index is 11.3. The number of cyclic esters (lactones) is 1. The molecule has 0 spiro atoms. The van der Waals surface area contributed by atoms with E-state index in [-0.39, 0.29) is 11.9 Å². The molecule has 0 aliphatic carbocycles. The zero-order valence-corrected chi connectivity index (χ0v) is 11.7. The molecule has 2 rings (SSSR count). The van der Waals surface area contributed by atoms with Gasteiger partial charge in [-0.05, 0) is 37.5 Å². The van der Waals surface area contributed by atoms with Gasteiger partial charge in [0.05, 0.1) is 7.11 Å². The Labute approximate surface area is 114 Å². The molecular formula is C16H20O3. The van der Waals surface area contributed by atoms with E-state index in [1.165, 1.54) is 0 Å². The molecule has 19 heavy (non-hydrogen) atoms. The fraction of sp³-hybridized carbons (Fsp3) is 0.438. The highest BCUT2D eigenvalue weighted by Gasteiger charge is 2.57. The van der Waals surface area contributed by atoms with Gasteiger partial charge in [-0.2, -0.15) is 0 Å². The van der Waals surface area contributed by atoms with Gasteiger partial charge in [-0.1, -0.05) is 31.2 Å². The molecule has 2 unspecified atom stereocenters. The lowest BCUT2D eigenvalue weighted by molar-refractivity contribution is -0.117. The highest BCUT2D eigenvalue weighted by molar-refractivity contribution is 5.92. The molecule has 0 amide bonds. The second-order valence-electron chi connectivity index (χ2n) is 5.01. The largest absolute Gasteiger partial charge is 0.497 e. The van der Waals surface area contributed by atoms with Crippen molar-refractivity contribution in [2.75, 3.05) is 7.11 Å². The minimum Gasteiger partial charge on any atom is -0.497 e. The van der Waals surface area contributed by atoms with E-state index in [1.807, 2.05) is 31.2 Å². The van der Waals surface area contributed by atoms with E-state index in [2.05, 4.69) is 19.1 Å². The van der Waals surface area contributed by atoms with Crippen LogP contribution in [0.4, 0.5) is 0 Å². The SMILES string of the molecule is CCC(CC=Cc1ccc(OC)cc1)C1(C)OC1=O. The molecule has 2 atom stereocenters. The first-order valence-electron chi connectivity index (χ1n) is 6.64. The van der Waals surface area contributed by atoms with E-state index < -0.39 is 5.60 Å². The summed E-state index contributed by atoms with van der Waals surface area (Å²) in [7, 11) is 1.66. The number of carbonyl (C=O) groups excluding carboxylic acids is 1. The van der Waals surface area contributed by atoms with E-state index in [0.717, 1.165) is 24.2 Å². The molecule has 0 saturated carbocycles. The number of ether oxygens (including phenoxy) is 2. The average molecular weight is 260 g/mol. The summed E-state index contributed by atoms with van der Waals surface area (Å²) in [5.41, 5.74) is 0.586. The number of epoxide rings is 1. The molecule has 1 aliphatic heterocycles. The van der Waals surface area contributed by atoms with Crippen molar-refractivity contribution in [3.05, 3.63) is 35.9 Å². The van der Waals surface area contributed by atoms with Gasteiger partial charge in [0, 0.05) is 5.92 Å². The first kappa shape index (κ1) is 13.7. The number of rotatable bonds is 6. The zero-order chi connectivity index (χ0) is 13.9. The maximum Gasteiger partial charge on any atom is 0.351 e. The lowest BCUT2D eigenvalue weighted by Crippen LogP contribution is -2.20. The number of hydrogen-bond donors (Lipinski definition) is 0. The fourth-order valence-corrected chi connectivity index (χ4v) is 2.28. The van der Waals surface area contributed by atoms with Crippen molar-refractivity contribution in [3.8, 4) is 5.75 Å². The Morgan fingerprint density at radius 2 is 2.00 bits per heavy atom. The van der Waals surface area contributed by atoms with Crippen LogP contribution in [0.2, 0.25) is 0 Å². The van der Waals surface area contributed by atoms with Crippen LogP contribution in [0.5, 0.6) is 5.75 Å². The molecular weight excluding hydrogens is 240 g/mol. The highest BCUT2D eigenvalue weighted by Crippen LogP contribution is 2.40. The second-order valence-corrected chi connectivity index (χ2v) is 5.01. The predicted molar refractivity (Wildman–Crippen MR) is 74.9 cm³/mol. The van der Waals surface area contributed by atoms with Crippen molar-refractivity contribution in [1.29, 1.82) is 0 Å². The smallest absolute Gasteiger partial charge is 0.351 e. The van der Waals surface area contributed by atoms with E-state index >= 15 is 0 Å². The van der Waals surface area contributed by atoms with Crippen LogP contribution in [-0.4, -0.2) is 18.7 Å². The molecule has 1 fully saturated rings. The summed E-state index contributed by atoms with van der Waals surface area (Å²) < 4.78 is 10.2. The van der Waals surface area contributed by atoms with E-state index in [0.29, 0.717) is 0 Å². The quantitative estimate of drug-likeness (QED) is 0.735. The third kappa shape index (κ3) is 2.98. The Balaban J connectivity index is 1.93. The minimum atomic E-state index is -0.543. The molecule has 0 radical (unpaired) electrons. The first-order chi connectivity index (χ1) is 9.10. The van der Waals surface area contributed by atoms with Gasteiger partial charge in [0.25, 0.3) is 0 Å². The Hall–Kier alpha value is -1.77. The second kappa shape index (κ2) is 5.47. The van der Waals surface area contributed by atoms with Crippen molar-refractivity contribution in [1.82, 2.24) is 0 Å². The normalized spacial score (nSPS) is 23.2. The summed E-state index contributed by atoms with van der Waals surface area (Å²) in [5.74, 6) is 1.04. The van der Waals surface area contributed by atoms with Crippen molar-refractivity contribution in [3.63, 3.8) is 0 Å². The van der Waals surface area contributed by atoms with Gasteiger partial charge in [-0.15, -0.1) is 0 Å². The number of carbonyl (C=O) groups is 1. The van der Waals surface area contributed by atoms with E-state index in [1.54, 1.807) is 7.11 Å². The Bertz CT molecular complexity index is 475. The van der Waals surface area contributed by atoms with E-state index in [9.17, 15) is 4.79 Å². The van der Waals surface area contributed by atoms with Gasteiger partial charge in [-0.25, -0.2) is 4.79 Å². The van der Waals surface area contributed by atoms with Gasteiger partial charge in [-0.3, -0.25) is 0 Å². The van der Waals surface area contributed by atoms with Gasteiger partial charge in [0.1, 0.15) is 5.75 Å². The highest BCUT2D eigenvalue weighted by atomic mass is 16.7. The number of methoxy groups -OCH3 is 1. The molecule has 1 heterocycles. The van der Waals surface area contributed by atoms with Gasteiger partial charge >= 0.3 is 5.97 Å². The topological polar surface area (TPSA) is 38.8 Å². The zero-order valence-electron chi connectivity index (χ0n) is 11.7. The van der Waals surface area contributed by atoms with Crippen LogP contribution in [0, 0.1) is 5.92 Å². The fourth-order valence-electron chi connectivity index (χ4n) is 2.28. The molecule has 1 aromatic rings. The van der Waals surface area contributed by atoms with Crippen LogP contribution in [0.15, 0.2) is 30.3 Å². The number of allylic oxidation sites excluding steroid dienone is 1. The Kier molecular flexibility index (Phi) is 3.93. The molecule has 0 bridgehead atoms. The lowest BCUT2D eigenvalue weighted by Gasteiger charge is -2.13. The monoisotopic (exact) mass is 260 g/mol. The minimum absolute atomic E-state index is 0.0720. The summed E-state index contributed by atoms with van der Waals surface area (Å²) in [5, 5.41) is 0. The van der Waals surface area contributed by atoms with Crippen LogP contribution in [0.3, 0.4) is 0 Å². The van der Waals surface area contributed by atoms with Crippen LogP contribution in [-0.2, 0) is 9.53 Å². The molecule has 0 N–H and O–H groups in total. The standard InChI is InChI=1S/C16H20O3/c1-4-13(16(2)15(17)19-16)7-5-6-12-8-10-14(18-3)11-9-12/h5-6,8-11,13H,4,7H2,1-3H3. The third-order valence-corrected chi connectivity index (χ3v) is 3.79. The summed E-state index contributed by atoms with van der Waals surface area (Å²) in [6.45, 7) is 3.97. The van der Waals surface area contributed by atoms with Gasteiger partial charge in [0.15, 0.2) is 0 Å². The van der Waals surface area contributed by atoms with Crippen LogP contribution in [0.25, 0.3) is 6.08 Å². The molecule has 3 nitrogen and oxygen atoms in total. The number of benzene rings is 1. The molecule has 3 heteroatoms. The summed E-state index contributed by atoms with van der Waals surface area (Å²) in [4.78, 5) is 11.3. The summed E-state index contributed by atoms with van der Waals surface area (Å²) >= 11 is 0. The molecule has 0 aromatic heterocycles. The van der Waals surface area contributed by atoms with Crippen molar-refractivity contribution in [2.45, 2.75) is 32.3 Å². The van der Waals surface area contributed by atoms with Crippen LogP contribution < -0.4 is 4.74 Å². The molecule has 1 saturated heterocycles. The number of hydrogen-bond acceptors (Lipinski definition) is 3. The Morgan fingerprint density at radius 3 is 2.47 bits per heavy atom.